The summed E-state index contributed by atoms with van der Waals surface area (Å²) in [6, 6.07) is 7.67. The fourth-order valence-electron chi connectivity index (χ4n) is 5.42. The minimum Gasteiger partial charge on any atom is -0.473 e. The zero-order valence-electron chi connectivity index (χ0n) is 18.4. The van der Waals surface area contributed by atoms with Gasteiger partial charge in [-0.15, -0.1) is 0 Å². The van der Waals surface area contributed by atoms with Gasteiger partial charge in [0, 0.05) is 37.0 Å². The molecule has 2 aromatic heterocycles. The molecule has 3 aliphatic heterocycles. The Morgan fingerprint density at radius 2 is 1.97 bits per heavy atom. The second kappa shape index (κ2) is 7.69. The van der Waals surface area contributed by atoms with Crippen LogP contribution in [0.15, 0.2) is 47.4 Å². The molecule has 35 heavy (non-hydrogen) atoms. The topological polar surface area (TPSA) is 69.5 Å². The summed E-state index contributed by atoms with van der Waals surface area (Å²) in [7, 11) is 0. The van der Waals surface area contributed by atoms with Gasteiger partial charge in [0.1, 0.15) is 23.9 Å². The average molecular weight is 488 g/mol. The molecule has 2 bridgehead atoms. The molecule has 1 spiro atoms. The molecule has 1 saturated carbocycles. The van der Waals surface area contributed by atoms with Crippen molar-refractivity contribution in [2.75, 3.05) is 11.4 Å². The van der Waals surface area contributed by atoms with E-state index in [1.807, 2.05) is 0 Å². The minimum atomic E-state index is -4.64. The van der Waals surface area contributed by atoms with Crippen molar-refractivity contribution < 1.29 is 27.0 Å². The van der Waals surface area contributed by atoms with Crippen molar-refractivity contribution in [3.63, 3.8) is 0 Å². The fourth-order valence-corrected chi connectivity index (χ4v) is 5.42. The van der Waals surface area contributed by atoms with Crippen LogP contribution in [0.25, 0.3) is 0 Å². The second-order valence-electron chi connectivity index (χ2n) is 9.28. The third-order valence-corrected chi connectivity index (χ3v) is 7.03. The van der Waals surface area contributed by atoms with Crippen LogP contribution in [0.4, 0.5) is 23.4 Å². The Labute approximate surface area is 196 Å². The van der Waals surface area contributed by atoms with Gasteiger partial charge in [0.25, 0.3) is 0 Å². The lowest BCUT2D eigenvalue weighted by atomic mass is 9.71. The summed E-state index contributed by atoms with van der Waals surface area (Å²) in [5.41, 5.74) is -0.905. The van der Waals surface area contributed by atoms with Crippen molar-refractivity contribution in [3.05, 3.63) is 70.2 Å². The Balaban J connectivity index is 1.16. The molecule has 182 valence electrons. The first kappa shape index (κ1) is 21.9. The van der Waals surface area contributed by atoms with Gasteiger partial charge in [-0.25, -0.2) is 9.18 Å². The van der Waals surface area contributed by atoms with Crippen LogP contribution < -0.4 is 20.1 Å². The van der Waals surface area contributed by atoms with E-state index in [1.54, 1.807) is 10.6 Å². The van der Waals surface area contributed by atoms with Crippen molar-refractivity contribution >= 4 is 5.82 Å². The second-order valence-corrected chi connectivity index (χ2v) is 9.28. The van der Waals surface area contributed by atoms with Gasteiger partial charge in [0.15, 0.2) is 11.6 Å². The van der Waals surface area contributed by atoms with Gasteiger partial charge >= 0.3 is 11.9 Å². The van der Waals surface area contributed by atoms with Gasteiger partial charge in [0.2, 0.25) is 5.88 Å². The fraction of sp³-hybridized carbons (Fsp3) is 0.375. The molecule has 3 aromatic rings. The van der Waals surface area contributed by atoms with Crippen LogP contribution in [0.3, 0.4) is 0 Å². The molecule has 11 heteroatoms. The molecule has 1 aliphatic carbocycles. The third kappa shape index (κ3) is 3.78. The van der Waals surface area contributed by atoms with Gasteiger partial charge in [-0.2, -0.15) is 18.2 Å². The van der Waals surface area contributed by atoms with Gasteiger partial charge in [-0.1, -0.05) is 6.07 Å². The quantitative estimate of drug-likeness (QED) is 0.492. The molecular formula is C24H20F4N4O3. The maximum Gasteiger partial charge on any atom is 0.433 e. The first-order valence-electron chi connectivity index (χ1n) is 11.2. The van der Waals surface area contributed by atoms with Gasteiger partial charge < -0.3 is 14.4 Å². The van der Waals surface area contributed by atoms with E-state index in [4.69, 9.17) is 9.47 Å². The third-order valence-electron chi connectivity index (χ3n) is 7.03. The van der Waals surface area contributed by atoms with E-state index in [2.05, 4.69) is 14.9 Å². The van der Waals surface area contributed by atoms with E-state index in [0.717, 1.165) is 43.9 Å². The summed E-state index contributed by atoms with van der Waals surface area (Å²) < 4.78 is 65.7. The minimum absolute atomic E-state index is 0.0473. The average Bonchev–Trinajstić information content (AvgIpc) is 3.36. The highest BCUT2D eigenvalue weighted by Gasteiger charge is 2.57. The molecule has 5 heterocycles. The monoisotopic (exact) mass is 488 g/mol. The number of halogens is 4. The Morgan fingerprint density at radius 3 is 2.74 bits per heavy atom. The zero-order valence-corrected chi connectivity index (χ0v) is 18.4. The number of rotatable bonds is 5. The van der Waals surface area contributed by atoms with Crippen molar-refractivity contribution in [1.29, 1.82) is 0 Å². The van der Waals surface area contributed by atoms with Crippen molar-refractivity contribution in [2.24, 2.45) is 5.92 Å². The highest BCUT2D eigenvalue weighted by Crippen LogP contribution is 2.56. The maximum atomic E-state index is 14.6. The molecule has 7 nitrogen and oxygen atoms in total. The predicted molar refractivity (Wildman–Crippen MR) is 116 cm³/mol. The Morgan fingerprint density at radius 1 is 1.14 bits per heavy atom. The highest BCUT2D eigenvalue weighted by atomic mass is 19.4. The van der Waals surface area contributed by atoms with Crippen molar-refractivity contribution in [1.82, 2.24) is 14.5 Å². The lowest BCUT2D eigenvalue weighted by molar-refractivity contribution is -0.141. The summed E-state index contributed by atoms with van der Waals surface area (Å²) in [6.07, 6.45) is -0.431. The summed E-state index contributed by atoms with van der Waals surface area (Å²) in [6.45, 7) is 1.52. The molecule has 0 unspecified atom stereocenters. The Bertz CT molecular complexity index is 1370. The lowest BCUT2D eigenvalue weighted by Crippen LogP contribution is -2.52. The number of benzene rings is 1. The van der Waals surface area contributed by atoms with E-state index in [9.17, 15) is 22.4 Å². The summed E-state index contributed by atoms with van der Waals surface area (Å²) in [4.78, 5) is 22.1. The van der Waals surface area contributed by atoms with Gasteiger partial charge in [-0.3, -0.25) is 9.55 Å². The SMILES string of the molecule is O=c1nc(OCc2ccc(Oc3ccnc(C(F)(F)F)c3)c(F)c2)cc2n1CCC13CC(CN21)C3. The van der Waals surface area contributed by atoms with Crippen molar-refractivity contribution in [2.45, 2.75) is 44.1 Å². The highest BCUT2D eigenvalue weighted by molar-refractivity contribution is 5.52. The number of ether oxygens (including phenoxy) is 2. The molecule has 2 saturated heterocycles. The zero-order chi connectivity index (χ0) is 24.4. The molecule has 4 aliphatic rings. The first-order chi connectivity index (χ1) is 16.7. The van der Waals surface area contributed by atoms with E-state index in [1.165, 1.54) is 18.2 Å². The molecule has 1 aromatic carbocycles. The molecular weight excluding hydrogens is 468 g/mol. The smallest absolute Gasteiger partial charge is 0.433 e. The standard InChI is InChI=1S/C24H20F4N4O3/c25-17-7-14(1-2-18(17)35-16-3-5-29-19(8-16)24(26,27)28)13-34-20-9-21-31(22(33)30-20)6-4-23-10-15(11-23)12-32(21)23/h1-3,5,7-9,15H,4,6,10-13H2. The van der Waals surface area contributed by atoms with Crippen LogP contribution in [0, 0.1) is 11.7 Å². The van der Waals surface area contributed by atoms with Crippen LogP contribution in [0.2, 0.25) is 0 Å². The summed E-state index contributed by atoms with van der Waals surface area (Å²) in [5, 5.41) is 0. The number of anilines is 1. The normalized spacial score (nSPS) is 22.3. The molecule has 0 amide bonds. The van der Waals surface area contributed by atoms with Crippen molar-refractivity contribution in [3.8, 4) is 17.4 Å². The predicted octanol–water partition coefficient (Wildman–Crippen LogP) is 4.54. The molecule has 3 fully saturated rings. The van der Waals surface area contributed by atoms with E-state index in [-0.39, 0.29) is 35.2 Å². The molecule has 0 N–H and O–H groups in total. The number of hydrogen-bond acceptors (Lipinski definition) is 6. The number of hydrogen-bond donors (Lipinski definition) is 0. The van der Waals surface area contributed by atoms with Gasteiger partial charge in [0.05, 0.1) is 0 Å². The Kier molecular flexibility index (Phi) is 4.81. The number of fused-ring (bicyclic) bond motifs is 1. The molecule has 0 atom stereocenters. The van der Waals surface area contributed by atoms with Crippen LogP contribution in [-0.4, -0.2) is 26.6 Å². The van der Waals surface area contributed by atoms with E-state index < -0.39 is 17.7 Å². The number of nitrogens with zero attached hydrogens (tertiary/aromatic N) is 4. The van der Waals surface area contributed by atoms with E-state index in [0.29, 0.717) is 24.1 Å². The maximum absolute atomic E-state index is 14.6. The van der Waals surface area contributed by atoms with Crippen LogP contribution >= 0.6 is 0 Å². The number of pyridine rings is 1. The Hall–Kier alpha value is -3.63. The number of aromatic nitrogens is 3. The van der Waals surface area contributed by atoms with Crippen LogP contribution in [0.5, 0.6) is 17.4 Å². The van der Waals surface area contributed by atoms with E-state index >= 15 is 0 Å². The van der Waals surface area contributed by atoms with Gasteiger partial charge in [-0.05, 0) is 48.9 Å². The summed E-state index contributed by atoms with van der Waals surface area (Å²) in [5.74, 6) is 0.457. The van der Waals surface area contributed by atoms with Crippen LogP contribution in [-0.2, 0) is 19.3 Å². The molecule has 7 rings (SSSR count). The lowest BCUT2D eigenvalue weighted by Gasteiger charge is -2.46. The molecule has 0 radical (unpaired) electrons. The largest absolute Gasteiger partial charge is 0.473 e. The van der Waals surface area contributed by atoms with Crippen LogP contribution in [0.1, 0.15) is 30.5 Å². The first-order valence-corrected chi connectivity index (χ1v) is 11.2. The summed E-state index contributed by atoms with van der Waals surface area (Å²) >= 11 is 0. The number of alkyl halides is 3.